The number of rotatable bonds is 40. The molecular formula is C45H90ClNO2. The molecule has 0 radical (unpaired) electrons. The molecule has 2 atom stereocenters. The Balaban J connectivity index is 0. The van der Waals surface area contributed by atoms with Gasteiger partial charge >= 0.3 is 0 Å². The summed E-state index contributed by atoms with van der Waals surface area (Å²) < 4.78 is 0.789. The van der Waals surface area contributed by atoms with E-state index in [1.165, 1.54) is 192 Å². The molecule has 0 fully saturated rings. The van der Waals surface area contributed by atoms with E-state index >= 15 is 0 Å². The summed E-state index contributed by atoms with van der Waals surface area (Å²) in [6.07, 6.45) is 44.2. The highest BCUT2D eigenvalue weighted by Crippen LogP contribution is 2.28. The van der Waals surface area contributed by atoms with Crippen LogP contribution < -0.4 is 12.4 Å². The molecule has 0 aromatic rings. The van der Waals surface area contributed by atoms with Gasteiger partial charge in [-0.25, -0.2) is 0 Å². The summed E-state index contributed by atoms with van der Waals surface area (Å²) in [6.45, 7) is 11.2. The molecule has 0 amide bonds. The quantitative estimate of drug-likeness (QED) is 0.0360. The van der Waals surface area contributed by atoms with Crippen molar-refractivity contribution >= 4 is 12.1 Å². The number of aldehydes is 1. The highest BCUT2D eigenvalue weighted by atomic mass is 35.5. The van der Waals surface area contributed by atoms with Crippen molar-refractivity contribution in [1.29, 1.82) is 0 Å². The van der Waals surface area contributed by atoms with Gasteiger partial charge in [0.2, 0.25) is 0 Å². The SMILES string of the molecule is CCCCCCCCCCCCCC(C(=O)CCCCCCCCCCC)C(C=O)[N+](C)(CCCCCCCC)CCCCCCCC.[Cl-]. The zero-order valence-electron chi connectivity index (χ0n) is 34.3. The molecule has 3 nitrogen and oxygen atoms in total. The first-order chi connectivity index (χ1) is 23.5. The molecule has 0 N–H and O–H groups in total. The van der Waals surface area contributed by atoms with Gasteiger partial charge in [0.1, 0.15) is 5.78 Å². The van der Waals surface area contributed by atoms with E-state index in [1.807, 2.05) is 0 Å². The first-order valence-electron chi connectivity index (χ1n) is 22.3. The summed E-state index contributed by atoms with van der Waals surface area (Å²) in [5, 5.41) is 0. The van der Waals surface area contributed by atoms with Crippen LogP contribution in [0, 0.1) is 5.92 Å². The number of hydrogen-bond donors (Lipinski definition) is 0. The Morgan fingerprint density at radius 1 is 0.449 bits per heavy atom. The summed E-state index contributed by atoms with van der Waals surface area (Å²) in [5.41, 5.74) is 0. The Morgan fingerprint density at radius 2 is 0.735 bits per heavy atom. The summed E-state index contributed by atoms with van der Waals surface area (Å²) in [6, 6.07) is -0.175. The van der Waals surface area contributed by atoms with Crippen molar-refractivity contribution in [2.24, 2.45) is 5.92 Å². The van der Waals surface area contributed by atoms with Crippen LogP contribution in [0.2, 0.25) is 0 Å². The molecule has 0 aliphatic heterocycles. The first kappa shape index (κ1) is 50.7. The molecule has 4 heteroatoms. The Morgan fingerprint density at radius 3 is 1.06 bits per heavy atom. The Kier molecular flexibility index (Phi) is 40.2. The fourth-order valence-electron chi connectivity index (χ4n) is 7.94. The van der Waals surface area contributed by atoms with Crippen LogP contribution in [0.3, 0.4) is 0 Å². The molecule has 0 saturated heterocycles. The third-order valence-corrected chi connectivity index (χ3v) is 11.4. The molecule has 294 valence electrons. The lowest BCUT2D eigenvalue weighted by Crippen LogP contribution is -3.00. The second-order valence-electron chi connectivity index (χ2n) is 16.1. The molecular weight excluding hydrogens is 622 g/mol. The normalized spacial score (nSPS) is 12.9. The van der Waals surface area contributed by atoms with Crippen molar-refractivity contribution < 1.29 is 26.5 Å². The van der Waals surface area contributed by atoms with E-state index in [0.717, 1.165) is 43.3 Å². The minimum atomic E-state index is -0.175. The van der Waals surface area contributed by atoms with Gasteiger partial charge in [-0.2, -0.15) is 0 Å². The zero-order valence-corrected chi connectivity index (χ0v) is 35.1. The standard InChI is InChI=1S/C45H90NO2.ClH/c1-6-10-14-18-22-24-25-27-28-30-34-38-43(45(48)39-35-31-29-26-23-19-15-11-7-2)44(42-47)46(5,40-36-32-20-16-12-8-3)41-37-33-21-17-13-9-4;/h42-44H,6-41H2,1-5H3;1H/q+1;/p-1. The third kappa shape index (κ3) is 29.8. The summed E-state index contributed by atoms with van der Waals surface area (Å²) >= 11 is 0. The van der Waals surface area contributed by atoms with Gasteiger partial charge in [-0.3, -0.25) is 9.59 Å². The average molecular weight is 713 g/mol. The lowest BCUT2D eigenvalue weighted by Gasteiger charge is -2.42. The highest BCUT2D eigenvalue weighted by molar-refractivity contribution is 5.84. The monoisotopic (exact) mass is 712 g/mol. The van der Waals surface area contributed by atoms with Crippen molar-refractivity contribution in [3.8, 4) is 0 Å². The van der Waals surface area contributed by atoms with Crippen LogP contribution >= 0.6 is 0 Å². The Labute approximate surface area is 315 Å². The minimum absolute atomic E-state index is 0. The topological polar surface area (TPSA) is 34.1 Å². The molecule has 0 aliphatic rings. The predicted octanol–water partition coefficient (Wildman–Crippen LogP) is 11.5. The van der Waals surface area contributed by atoms with Gasteiger partial charge < -0.3 is 16.9 Å². The molecule has 0 aromatic carbocycles. The van der Waals surface area contributed by atoms with Crippen LogP contribution in [0.1, 0.15) is 246 Å². The number of halogens is 1. The molecule has 0 saturated carbocycles. The molecule has 0 aromatic heterocycles. The zero-order chi connectivity index (χ0) is 35.4. The van der Waals surface area contributed by atoms with Crippen LogP contribution in [0.15, 0.2) is 0 Å². The van der Waals surface area contributed by atoms with E-state index in [2.05, 4.69) is 34.7 Å². The molecule has 2 unspecified atom stereocenters. The summed E-state index contributed by atoms with van der Waals surface area (Å²) in [7, 11) is 2.34. The summed E-state index contributed by atoms with van der Waals surface area (Å²) in [5.74, 6) is 0.303. The smallest absolute Gasteiger partial charge is 0.178 e. The number of carbonyl (C=O) groups excluding carboxylic acids is 2. The van der Waals surface area contributed by atoms with Gasteiger partial charge in [-0.05, 0) is 38.5 Å². The van der Waals surface area contributed by atoms with Crippen LogP contribution in [0.25, 0.3) is 0 Å². The fraction of sp³-hybridized carbons (Fsp3) is 0.956. The van der Waals surface area contributed by atoms with Crippen LogP contribution in [-0.4, -0.2) is 42.7 Å². The predicted molar refractivity (Wildman–Crippen MR) is 214 cm³/mol. The lowest BCUT2D eigenvalue weighted by molar-refractivity contribution is -0.926. The van der Waals surface area contributed by atoms with E-state index in [4.69, 9.17) is 0 Å². The van der Waals surface area contributed by atoms with Gasteiger partial charge in [-0.15, -0.1) is 0 Å². The van der Waals surface area contributed by atoms with Gasteiger partial charge in [-0.1, -0.05) is 201 Å². The maximum Gasteiger partial charge on any atom is 0.178 e. The van der Waals surface area contributed by atoms with Gasteiger partial charge in [0, 0.05) is 6.42 Å². The second kappa shape index (κ2) is 38.8. The number of ketones is 1. The maximum atomic E-state index is 14.0. The number of carbonyl (C=O) groups is 2. The highest BCUT2D eigenvalue weighted by Gasteiger charge is 2.40. The Hall–Kier alpha value is -0.410. The van der Waals surface area contributed by atoms with Crippen molar-refractivity contribution in [2.75, 3.05) is 20.1 Å². The number of Topliss-reactive ketones (excluding diaryl/α,β-unsaturated/α-hetero) is 1. The van der Waals surface area contributed by atoms with E-state index in [1.54, 1.807) is 0 Å². The maximum absolute atomic E-state index is 14.0. The van der Waals surface area contributed by atoms with Crippen molar-refractivity contribution in [1.82, 2.24) is 0 Å². The molecule has 0 spiro atoms. The minimum Gasteiger partial charge on any atom is -1.00 e. The number of hydrogen-bond acceptors (Lipinski definition) is 2. The van der Waals surface area contributed by atoms with Crippen LogP contribution in [-0.2, 0) is 9.59 Å². The molecule has 0 aliphatic carbocycles. The number of unbranched alkanes of at least 4 members (excludes halogenated alkanes) is 28. The molecule has 0 heterocycles. The van der Waals surface area contributed by atoms with Crippen molar-refractivity contribution in [2.45, 2.75) is 252 Å². The van der Waals surface area contributed by atoms with Gasteiger partial charge in [0.25, 0.3) is 0 Å². The summed E-state index contributed by atoms with van der Waals surface area (Å²) in [4.78, 5) is 27.1. The average Bonchev–Trinajstić information content (AvgIpc) is 3.09. The van der Waals surface area contributed by atoms with Gasteiger partial charge in [0.05, 0.1) is 26.1 Å². The van der Waals surface area contributed by atoms with Crippen molar-refractivity contribution in [3.63, 3.8) is 0 Å². The van der Waals surface area contributed by atoms with E-state index < -0.39 is 0 Å². The molecule has 0 bridgehead atoms. The third-order valence-electron chi connectivity index (χ3n) is 11.4. The van der Waals surface area contributed by atoms with E-state index in [-0.39, 0.29) is 24.4 Å². The lowest BCUT2D eigenvalue weighted by atomic mass is 9.85. The first-order valence-corrected chi connectivity index (χ1v) is 22.3. The van der Waals surface area contributed by atoms with E-state index in [0.29, 0.717) is 12.2 Å². The van der Waals surface area contributed by atoms with Crippen LogP contribution in [0.5, 0.6) is 0 Å². The number of nitrogens with zero attached hydrogens (tertiary/aromatic N) is 1. The fourth-order valence-corrected chi connectivity index (χ4v) is 7.94. The second-order valence-corrected chi connectivity index (χ2v) is 16.1. The number of likely N-dealkylation sites (N-methyl/N-ethyl adjacent to an activating group) is 1. The van der Waals surface area contributed by atoms with Crippen LogP contribution in [0.4, 0.5) is 0 Å². The molecule has 49 heavy (non-hydrogen) atoms. The molecule has 0 rings (SSSR count). The largest absolute Gasteiger partial charge is 1.00 e. The number of quaternary nitrogens is 1. The van der Waals surface area contributed by atoms with Crippen molar-refractivity contribution in [3.05, 3.63) is 0 Å². The van der Waals surface area contributed by atoms with E-state index in [9.17, 15) is 9.59 Å². The Bertz CT molecular complexity index is 667. The van der Waals surface area contributed by atoms with Gasteiger partial charge in [0.15, 0.2) is 12.3 Å².